The summed E-state index contributed by atoms with van der Waals surface area (Å²) in [5.74, 6) is -1.10. The number of carbonyl (C=O) groups is 2. The van der Waals surface area contributed by atoms with Crippen LogP contribution in [0.25, 0.3) is 0 Å². The highest BCUT2D eigenvalue weighted by atomic mass is 16.5. The van der Waals surface area contributed by atoms with Crippen molar-refractivity contribution in [3.05, 3.63) is 30.1 Å². The number of hydrogen-bond acceptors (Lipinski definition) is 7. The van der Waals surface area contributed by atoms with Crippen LogP contribution >= 0.6 is 0 Å². The molecule has 1 aliphatic rings. The van der Waals surface area contributed by atoms with Gasteiger partial charge in [0.15, 0.2) is 0 Å². The van der Waals surface area contributed by atoms with Gasteiger partial charge in [0.1, 0.15) is 0 Å². The molecule has 0 radical (unpaired) electrons. The Labute approximate surface area is 166 Å². The average Bonchev–Trinajstić information content (AvgIpc) is 2.65. The summed E-state index contributed by atoms with van der Waals surface area (Å²) in [5, 5.41) is 13.6. The number of carbonyl (C=O) groups excluding carboxylic acids is 2. The number of methoxy groups -OCH3 is 1. The summed E-state index contributed by atoms with van der Waals surface area (Å²) < 4.78 is 4.91. The number of nitrogens with one attached hydrogen (secondary N) is 1. The summed E-state index contributed by atoms with van der Waals surface area (Å²) >= 11 is 0. The van der Waals surface area contributed by atoms with Crippen LogP contribution in [0.4, 0.5) is 0 Å². The number of aliphatic hydroxyl groups excluding tert-OH is 1. The van der Waals surface area contributed by atoms with Gasteiger partial charge < -0.3 is 15.2 Å². The van der Waals surface area contributed by atoms with Gasteiger partial charge in [0.2, 0.25) is 5.91 Å². The molecule has 1 aromatic heterocycles. The van der Waals surface area contributed by atoms with Gasteiger partial charge in [-0.25, -0.2) is 0 Å². The van der Waals surface area contributed by atoms with E-state index >= 15 is 0 Å². The number of rotatable bonds is 7. The van der Waals surface area contributed by atoms with Crippen molar-refractivity contribution in [2.75, 3.05) is 46.4 Å². The summed E-state index contributed by atoms with van der Waals surface area (Å²) in [7, 11) is 1.33. The first-order valence-corrected chi connectivity index (χ1v) is 9.61. The van der Waals surface area contributed by atoms with Crippen molar-refractivity contribution in [1.29, 1.82) is 0 Å². The van der Waals surface area contributed by atoms with E-state index in [0.717, 1.165) is 26.2 Å². The van der Waals surface area contributed by atoms with Gasteiger partial charge in [0, 0.05) is 50.7 Å². The van der Waals surface area contributed by atoms with Crippen LogP contribution in [0.5, 0.6) is 0 Å². The molecule has 1 saturated heterocycles. The molecule has 0 aromatic carbocycles. The number of piperazine rings is 1. The minimum Gasteiger partial charge on any atom is -0.469 e. The predicted molar refractivity (Wildman–Crippen MR) is 105 cm³/mol. The number of aromatic nitrogens is 1. The Morgan fingerprint density at radius 3 is 2.29 bits per heavy atom. The van der Waals surface area contributed by atoms with Gasteiger partial charge in [-0.2, -0.15) is 0 Å². The van der Waals surface area contributed by atoms with E-state index in [1.807, 2.05) is 20.8 Å². The SMILES string of the molecule is COC(=O)[C@@H](CN1CCN(CC(=O)NC(C)(C)C)CC1)[C@@H](O)c1ccncc1. The van der Waals surface area contributed by atoms with E-state index in [4.69, 9.17) is 4.74 Å². The molecule has 0 saturated carbocycles. The number of ether oxygens (including phenoxy) is 1. The number of aliphatic hydroxyl groups is 1. The lowest BCUT2D eigenvalue weighted by atomic mass is 9.95. The Bertz CT molecular complexity index is 639. The Kier molecular flexibility index (Phi) is 7.91. The van der Waals surface area contributed by atoms with Crippen molar-refractivity contribution in [3.8, 4) is 0 Å². The van der Waals surface area contributed by atoms with E-state index in [1.54, 1.807) is 24.5 Å². The van der Waals surface area contributed by atoms with Gasteiger partial charge in [0.25, 0.3) is 0 Å². The van der Waals surface area contributed by atoms with Crippen LogP contribution in [-0.2, 0) is 14.3 Å². The van der Waals surface area contributed by atoms with Gasteiger partial charge in [-0.1, -0.05) is 0 Å². The fraction of sp³-hybridized carbons (Fsp3) is 0.650. The van der Waals surface area contributed by atoms with E-state index in [1.165, 1.54) is 7.11 Å². The number of pyridine rings is 1. The molecule has 0 spiro atoms. The summed E-state index contributed by atoms with van der Waals surface area (Å²) in [4.78, 5) is 32.5. The fourth-order valence-electron chi connectivity index (χ4n) is 3.32. The molecule has 0 unspecified atom stereocenters. The number of hydrogen-bond donors (Lipinski definition) is 2. The predicted octanol–water partition coefficient (Wildman–Crippen LogP) is 0.437. The van der Waals surface area contributed by atoms with Crippen LogP contribution in [0, 0.1) is 5.92 Å². The molecular formula is C20H32N4O4. The molecular weight excluding hydrogens is 360 g/mol. The summed E-state index contributed by atoms with van der Waals surface area (Å²) in [6.07, 6.45) is 2.23. The molecule has 1 amide bonds. The molecule has 0 bridgehead atoms. The highest BCUT2D eigenvalue weighted by molar-refractivity contribution is 5.78. The first-order valence-electron chi connectivity index (χ1n) is 9.61. The molecule has 2 heterocycles. The molecule has 2 rings (SSSR count). The lowest BCUT2D eigenvalue weighted by Crippen LogP contribution is -2.53. The third kappa shape index (κ3) is 6.85. The molecule has 8 nitrogen and oxygen atoms in total. The van der Waals surface area contributed by atoms with Crippen molar-refractivity contribution < 1.29 is 19.4 Å². The second kappa shape index (κ2) is 9.95. The maximum absolute atomic E-state index is 12.3. The first kappa shape index (κ1) is 22.3. The maximum atomic E-state index is 12.3. The van der Waals surface area contributed by atoms with Gasteiger partial charge in [-0.3, -0.25) is 24.4 Å². The maximum Gasteiger partial charge on any atom is 0.312 e. The zero-order valence-corrected chi connectivity index (χ0v) is 17.2. The first-order chi connectivity index (χ1) is 13.2. The van der Waals surface area contributed by atoms with Gasteiger partial charge in [-0.05, 0) is 38.5 Å². The van der Waals surface area contributed by atoms with Gasteiger partial charge in [-0.15, -0.1) is 0 Å². The van der Waals surface area contributed by atoms with Crippen LogP contribution in [0.15, 0.2) is 24.5 Å². The van der Waals surface area contributed by atoms with Crippen LogP contribution in [0.2, 0.25) is 0 Å². The molecule has 1 aliphatic heterocycles. The van der Waals surface area contributed by atoms with Crippen molar-refractivity contribution in [2.24, 2.45) is 5.92 Å². The smallest absolute Gasteiger partial charge is 0.312 e. The van der Waals surface area contributed by atoms with E-state index in [2.05, 4.69) is 20.1 Å². The zero-order valence-electron chi connectivity index (χ0n) is 17.2. The Balaban J connectivity index is 1.89. The molecule has 1 aromatic rings. The quantitative estimate of drug-likeness (QED) is 0.650. The van der Waals surface area contributed by atoms with Crippen LogP contribution in [-0.4, -0.2) is 83.7 Å². The topological polar surface area (TPSA) is 95.0 Å². The number of amides is 1. The minimum atomic E-state index is -0.953. The highest BCUT2D eigenvalue weighted by Gasteiger charge is 2.32. The third-order valence-corrected chi connectivity index (χ3v) is 4.73. The molecule has 28 heavy (non-hydrogen) atoms. The second-order valence-electron chi connectivity index (χ2n) is 8.23. The van der Waals surface area contributed by atoms with E-state index in [9.17, 15) is 14.7 Å². The summed E-state index contributed by atoms with van der Waals surface area (Å²) in [6, 6.07) is 3.40. The van der Waals surface area contributed by atoms with Crippen molar-refractivity contribution >= 4 is 11.9 Å². The summed E-state index contributed by atoms with van der Waals surface area (Å²) in [5.41, 5.74) is 0.401. The van der Waals surface area contributed by atoms with Crippen molar-refractivity contribution in [3.63, 3.8) is 0 Å². The fourth-order valence-corrected chi connectivity index (χ4v) is 3.32. The Morgan fingerprint density at radius 2 is 1.75 bits per heavy atom. The monoisotopic (exact) mass is 392 g/mol. The standard InChI is InChI=1S/C20H32N4O4/c1-20(2,3)22-17(25)14-24-11-9-23(10-12-24)13-16(19(27)28-4)18(26)15-5-7-21-8-6-15/h5-8,16,18,26H,9-14H2,1-4H3,(H,22,25)/t16-,18-/m0/s1. The van der Waals surface area contributed by atoms with E-state index in [0.29, 0.717) is 18.7 Å². The molecule has 2 N–H and O–H groups in total. The lowest BCUT2D eigenvalue weighted by Gasteiger charge is -2.36. The molecule has 2 atom stereocenters. The molecule has 8 heteroatoms. The Hall–Kier alpha value is -2.03. The van der Waals surface area contributed by atoms with Gasteiger partial charge >= 0.3 is 5.97 Å². The second-order valence-corrected chi connectivity index (χ2v) is 8.23. The lowest BCUT2D eigenvalue weighted by molar-refractivity contribution is -0.151. The zero-order chi connectivity index (χ0) is 20.7. The van der Waals surface area contributed by atoms with Crippen LogP contribution in [0.1, 0.15) is 32.4 Å². The van der Waals surface area contributed by atoms with Crippen LogP contribution in [0.3, 0.4) is 0 Å². The van der Waals surface area contributed by atoms with Crippen LogP contribution < -0.4 is 5.32 Å². The largest absolute Gasteiger partial charge is 0.469 e. The normalized spacial score (nSPS) is 18.3. The van der Waals surface area contributed by atoms with E-state index in [-0.39, 0.29) is 11.4 Å². The van der Waals surface area contributed by atoms with Crippen molar-refractivity contribution in [2.45, 2.75) is 32.4 Å². The molecule has 0 aliphatic carbocycles. The highest BCUT2D eigenvalue weighted by Crippen LogP contribution is 2.24. The minimum absolute atomic E-state index is 0.0153. The van der Waals surface area contributed by atoms with Gasteiger partial charge in [0.05, 0.1) is 25.7 Å². The number of esters is 1. The average molecular weight is 393 g/mol. The molecule has 1 fully saturated rings. The Morgan fingerprint density at radius 1 is 1.18 bits per heavy atom. The van der Waals surface area contributed by atoms with Crippen molar-refractivity contribution in [1.82, 2.24) is 20.1 Å². The van der Waals surface area contributed by atoms with E-state index < -0.39 is 18.0 Å². The molecule has 156 valence electrons. The third-order valence-electron chi connectivity index (χ3n) is 4.73. The number of nitrogens with zero attached hydrogens (tertiary/aromatic N) is 3. The summed E-state index contributed by atoms with van der Waals surface area (Å²) in [6.45, 7) is 9.56.